The van der Waals surface area contributed by atoms with Crippen LogP contribution >= 0.6 is 11.8 Å². The highest BCUT2D eigenvalue weighted by molar-refractivity contribution is 8.00. The van der Waals surface area contributed by atoms with Crippen LogP contribution in [0.2, 0.25) is 0 Å². The molecule has 1 saturated heterocycles. The summed E-state index contributed by atoms with van der Waals surface area (Å²) in [5, 5.41) is 11.2. The number of nitrogens with zero attached hydrogens (tertiary/aromatic N) is 3. The summed E-state index contributed by atoms with van der Waals surface area (Å²) in [5.74, 6) is 0.627. The molecule has 0 aromatic carbocycles. The average molecular weight is 312 g/mol. The van der Waals surface area contributed by atoms with Crippen LogP contribution in [-0.4, -0.2) is 45.4 Å². The third kappa shape index (κ3) is 5.32. The molecule has 0 spiro atoms. The lowest BCUT2D eigenvalue weighted by Gasteiger charge is -2.24. The van der Waals surface area contributed by atoms with E-state index < -0.39 is 0 Å². The Kier molecular flexibility index (Phi) is 6.05. The molecule has 1 N–H and O–H groups in total. The van der Waals surface area contributed by atoms with E-state index in [1.165, 1.54) is 31.0 Å². The van der Waals surface area contributed by atoms with Gasteiger partial charge in [0.15, 0.2) is 0 Å². The van der Waals surface area contributed by atoms with Crippen molar-refractivity contribution in [2.75, 3.05) is 13.1 Å². The summed E-state index contributed by atoms with van der Waals surface area (Å²) < 4.78 is 5.63. The van der Waals surface area contributed by atoms with Gasteiger partial charge in [-0.15, -0.1) is 10.2 Å². The zero-order valence-corrected chi connectivity index (χ0v) is 13.8. The van der Waals surface area contributed by atoms with Gasteiger partial charge in [-0.1, -0.05) is 18.2 Å². The van der Waals surface area contributed by atoms with Gasteiger partial charge >= 0.3 is 0 Å². The average Bonchev–Trinajstić information content (AvgIpc) is 2.86. The minimum absolute atomic E-state index is 0.00854. The van der Waals surface area contributed by atoms with Gasteiger partial charge in [0.1, 0.15) is 0 Å². The Morgan fingerprint density at radius 1 is 1.29 bits per heavy atom. The van der Waals surface area contributed by atoms with E-state index in [4.69, 9.17) is 4.42 Å². The van der Waals surface area contributed by atoms with E-state index in [2.05, 4.69) is 20.4 Å². The SMILES string of the molecule is CC(C)NC(=O)[C@@H](C)Sc1nnc(CN2CCCCC2)o1. The summed E-state index contributed by atoms with van der Waals surface area (Å²) >= 11 is 1.31. The second kappa shape index (κ2) is 7.79. The normalized spacial score (nSPS) is 17.9. The fourth-order valence-electron chi connectivity index (χ4n) is 2.27. The molecule has 118 valence electrons. The number of thioether (sulfide) groups is 1. The van der Waals surface area contributed by atoms with Crippen molar-refractivity contribution in [1.82, 2.24) is 20.4 Å². The first-order valence-electron chi connectivity index (χ1n) is 7.56. The zero-order chi connectivity index (χ0) is 15.2. The molecule has 1 amide bonds. The van der Waals surface area contributed by atoms with E-state index in [0.29, 0.717) is 17.7 Å². The number of hydrogen-bond acceptors (Lipinski definition) is 6. The minimum atomic E-state index is -0.240. The number of carbonyl (C=O) groups is 1. The Morgan fingerprint density at radius 3 is 2.67 bits per heavy atom. The summed E-state index contributed by atoms with van der Waals surface area (Å²) in [6.45, 7) is 8.63. The molecule has 2 heterocycles. The van der Waals surface area contributed by atoms with Gasteiger partial charge in [-0.2, -0.15) is 0 Å². The number of carbonyl (C=O) groups excluding carboxylic acids is 1. The van der Waals surface area contributed by atoms with Gasteiger partial charge in [-0.3, -0.25) is 9.69 Å². The molecular formula is C14H24N4O2S. The minimum Gasteiger partial charge on any atom is -0.415 e. The van der Waals surface area contributed by atoms with Gasteiger partial charge in [-0.25, -0.2) is 0 Å². The van der Waals surface area contributed by atoms with Crippen molar-refractivity contribution in [1.29, 1.82) is 0 Å². The standard InChI is InChI=1S/C14H24N4O2S/c1-10(2)15-13(19)11(3)21-14-17-16-12(20-14)9-18-7-5-4-6-8-18/h10-11H,4-9H2,1-3H3,(H,15,19)/t11-/m1/s1. The van der Waals surface area contributed by atoms with Gasteiger partial charge in [0.05, 0.1) is 11.8 Å². The number of nitrogens with one attached hydrogen (secondary N) is 1. The van der Waals surface area contributed by atoms with Gasteiger partial charge in [0, 0.05) is 6.04 Å². The Balaban J connectivity index is 1.83. The molecule has 21 heavy (non-hydrogen) atoms. The van der Waals surface area contributed by atoms with Crippen LogP contribution < -0.4 is 5.32 Å². The van der Waals surface area contributed by atoms with Crippen LogP contribution in [0.1, 0.15) is 45.9 Å². The predicted octanol–water partition coefficient (Wildman–Crippen LogP) is 2.06. The maximum absolute atomic E-state index is 11.9. The fraction of sp³-hybridized carbons (Fsp3) is 0.786. The van der Waals surface area contributed by atoms with Crippen LogP contribution in [-0.2, 0) is 11.3 Å². The van der Waals surface area contributed by atoms with Gasteiger partial charge < -0.3 is 9.73 Å². The lowest BCUT2D eigenvalue weighted by molar-refractivity contribution is -0.120. The van der Waals surface area contributed by atoms with Gasteiger partial charge in [0.2, 0.25) is 11.8 Å². The second-order valence-electron chi connectivity index (χ2n) is 5.72. The van der Waals surface area contributed by atoms with E-state index in [-0.39, 0.29) is 17.2 Å². The van der Waals surface area contributed by atoms with E-state index in [9.17, 15) is 4.79 Å². The molecule has 1 aromatic heterocycles. The highest BCUT2D eigenvalue weighted by Crippen LogP contribution is 2.22. The zero-order valence-electron chi connectivity index (χ0n) is 13.0. The van der Waals surface area contributed by atoms with Crippen LogP contribution in [0.3, 0.4) is 0 Å². The molecule has 0 unspecified atom stereocenters. The number of amides is 1. The van der Waals surface area contributed by atoms with Crippen molar-refractivity contribution in [3.63, 3.8) is 0 Å². The maximum Gasteiger partial charge on any atom is 0.277 e. The molecule has 0 aliphatic carbocycles. The number of likely N-dealkylation sites (tertiary alicyclic amines) is 1. The number of rotatable bonds is 6. The topological polar surface area (TPSA) is 71.3 Å². The molecule has 0 radical (unpaired) electrons. The summed E-state index contributed by atoms with van der Waals surface area (Å²) in [6, 6.07) is 0.137. The molecule has 7 heteroatoms. The van der Waals surface area contributed by atoms with Crippen molar-refractivity contribution in [2.45, 2.75) is 63.1 Å². The number of aromatic nitrogens is 2. The first-order valence-corrected chi connectivity index (χ1v) is 8.44. The van der Waals surface area contributed by atoms with Gasteiger partial charge in [-0.05, 0) is 46.7 Å². The quantitative estimate of drug-likeness (QED) is 0.811. The Hall–Kier alpha value is -1.08. The smallest absolute Gasteiger partial charge is 0.277 e. The van der Waals surface area contributed by atoms with Crippen LogP contribution in [0.25, 0.3) is 0 Å². The van der Waals surface area contributed by atoms with E-state index in [1.807, 2.05) is 20.8 Å². The first kappa shape index (κ1) is 16.3. The predicted molar refractivity (Wildman–Crippen MR) is 82.0 cm³/mol. The van der Waals surface area contributed by atoms with Crippen molar-refractivity contribution in [3.8, 4) is 0 Å². The summed E-state index contributed by atoms with van der Waals surface area (Å²) in [7, 11) is 0. The largest absolute Gasteiger partial charge is 0.415 e. The molecule has 1 aromatic rings. The van der Waals surface area contributed by atoms with Crippen LogP contribution in [0.5, 0.6) is 0 Å². The monoisotopic (exact) mass is 312 g/mol. The van der Waals surface area contributed by atoms with Crippen LogP contribution in [0.15, 0.2) is 9.64 Å². The molecule has 0 saturated carbocycles. The van der Waals surface area contributed by atoms with Crippen molar-refractivity contribution >= 4 is 17.7 Å². The molecule has 2 rings (SSSR count). The lowest BCUT2D eigenvalue weighted by atomic mass is 10.1. The maximum atomic E-state index is 11.9. The number of piperidine rings is 1. The molecule has 6 nitrogen and oxygen atoms in total. The van der Waals surface area contributed by atoms with E-state index in [0.717, 1.165) is 13.1 Å². The molecule has 1 atom stereocenters. The highest BCUT2D eigenvalue weighted by Gasteiger charge is 2.20. The molecular weight excluding hydrogens is 288 g/mol. The summed E-state index contributed by atoms with van der Waals surface area (Å²) in [6.07, 6.45) is 3.79. The molecule has 0 bridgehead atoms. The summed E-state index contributed by atoms with van der Waals surface area (Å²) in [4.78, 5) is 14.2. The Morgan fingerprint density at radius 2 is 2.00 bits per heavy atom. The second-order valence-corrected chi connectivity index (χ2v) is 7.01. The lowest BCUT2D eigenvalue weighted by Crippen LogP contribution is -2.35. The highest BCUT2D eigenvalue weighted by atomic mass is 32.2. The summed E-state index contributed by atoms with van der Waals surface area (Å²) in [5.41, 5.74) is 0. The fourth-order valence-corrected chi connectivity index (χ4v) is 2.97. The molecule has 1 fully saturated rings. The van der Waals surface area contributed by atoms with E-state index >= 15 is 0 Å². The molecule has 1 aliphatic heterocycles. The number of hydrogen-bond donors (Lipinski definition) is 1. The van der Waals surface area contributed by atoms with Crippen LogP contribution in [0, 0.1) is 0 Å². The third-order valence-electron chi connectivity index (χ3n) is 3.33. The third-order valence-corrected chi connectivity index (χ3v) is 4.27. The molecule has 1 aliphatic rings. The Bertz CT molecular complexity index is 458. The van der Waals surface area contributed by atoms with Crippen molar-refractivity contribution < 1.29 is 9.21 Å². The van der Waals surface area contributed by atoms with E-state index in [1.54, 1.807) is 0 Å². The Labute approximate surface area is 130 Å². The van der Waals surface area contributed by atoms with Crippen LogP contribution in [0.4, 0.5) is 0 Å². The van der Waals surface area contributed by atoms with Crippen molar-refractivity contribution in [2.24, 2.45) is 0 Å². The van der Waals surface area contributed by atoms with Gasteiger partial charge in [0.25, 0.3) is 5.22 Å². The first-order chi connectivity index (χ1) is 10.0. The van der Waals surface area contributed by atoms with Crippen molar-refractivity contribution in [3.05, 3.63) is 5.89 Å².